The van der Waals surface area contributed by atoms with E-state index in [0.717, 1.165) is 12.2 Å². The molecule has 0 aliphatic carbocycles. The highest BCUT2D eigenvalue weighted by atomic mass is 35.5. The van der Waals surface area contributed by atoms with Crippen LogP contribution in [0, 0.1) is 0 Å². The number of likely N-dealkylation sites (N-methyl/N-ethyl adjacent to an activating group) is 1. The molecule has 1 saturated heterocycles. The minimum Gasteiger partial charge on any atom is -0.392 e. The monoisotopic (exact) mass is 282 g/mol. The molecule has 0 atom stereocenters. The fourth-order valence-electron chi connectivity index (χ4n) is 2.59. The summed E-state index contributed by atoms with van der Waals surface area (Å²) in [7, 11) is 1.81. The number of halogens is 1. The lowest BCUT2D eigenvalue weighted by atomic mass is 9.95. The molecular weight excluding hydrogens is 264 g/mol. The van der Waals surface area contributed by atoms with Gasteiger partial charge >= 0.3 is 0 Å². The van der Waals surface area contributed by atoms with Crippen molar-refractivity contribution in [3.05, 3.63) is 28.8 Å². The Kier molecular flexibility index (Phi) is 3.74. The molecule has 1 aliphatic heterocycles. The van der Waals surface area contributed by atoms with Gasteiger partial charge in [-0.25, -0.2) is 0 Å². The van der Waals surface area contributed by atoms with E-state index in [9.17, 15) is 9.90 Å². The molecule has 0 saturated carbocycles. The predicted molar refractivity (Wildman–Crippen MR) is 76.4 cm³/mol. The molecule has 0 unspecified atom stereocenters. The van der Waals surface area contributed by atoms with Crippen molar-refractivity contribution in [2.45, 2.75) is 26.0 Å². The molecule has 104 valence electrons. The Morgan fingerprint density at radius 1 is 1.37 bits per heavy atom. The third-order valence-electron chi connectivity index (χ3n) is 3.75. The van der Waals surface area contributed by atoms with Crippen LogP contribution in [0.25, 0.3) is 0 Å². The topological polar surface area (TPSA) is 43.8 Å². The van der Waals surface area contributed by atoms with Crippen molar-refractivity contribution < 1.29 is 9.90 Å². The lowest BCUT2D eigenvalue weighted by molar-refractivity contribution is -0.136. The van der Waals surface area contributed by atoms with Crippen molar-refractivity contribution in [3.63, 3.8) is 0 Å². The van der Waals surface area contributed by atoms with Crippen LogP contribution in [0.5, 0.6) is 0 Å². The highest BCUT2D eigenvalue weighted by Crippen LogP contribution is 2.34. The summed E-state index contributed by atoms with van der Waals surface area (Å²) in [6.07, 6.45) is 0. The van der Waals surface area contributed by atoms with Crippen LogP contribution in [0.2, 0.25) is 5.02 Å². The van der Waals surface area contributed by atoms with Crippen LogP contribution in [0.15, 0.2) is 18.2 Å². The van der Waals surface area contributed by atoms with E-state index in [2.05, 4.69) is 0 Å². The Bertz CT molecular complexity index is 502. The van der Waals surface area contributed by atoms with Crippen LogP contribution in [-0.4, -0.2) is 41.6 Å². The fraction of sp³-hybridized carbons (Fsp3) is 0.500. The molecule has 19 heavy (non-hydrogen) atoms. The van der Waals surface area contributed by atoms with Gasteiger partial charge in [0.2, 0.25) is 5.91 Å². The maximum atomic E-state index is 12.3. The second kappa shape index (κ2) is 5.02. The summed E-state index contributed by atoms with van der Waals surface area (Å²) in [5.41, 5.74) is 0.873. The number of anilines is 1. The lowest BCUT2D eigenvalue weighted by Crippen LogP contribution is -2.62. The molecule has 1 amide bonds. The van der Waals surface area contributed by atoms with Gasteiger partial charge in [-0.3, -0.25) is 4.79 Å². The highest BCUT2D eigenvalue weighted by molar-refractivity contribution is 6.31. The zero-order valence-corrected chi connectivity index (χ0v) is 12.2. The Labute approximate surface area is 118 Å². The Hall–Kier alpha value is -1.26. The largest absolute Gasteiger partial charge is 0.392 e. The standard InChI is InChI=1S/C14H19ClN2O2/c1-14(2)13(19)16(3)7-8-17(14)12-6-4-5-11(15)10(12)9-18/h4-6,18H,7-9H2,1-3H3. The molecule has 0 bridgehead atoms. The van der Waals surface area contributed by atoms with E-state index in [1.807, 2.05) is 37.9 Å². The molecule has 1 aromatic rings. The Morgan fingerprint density at radius 2 is 2.05 bits per heavy atom. The van der Waals surface area contributed by atoms with Crippen LogP contribution in [0.4, 0.5) is 5.69 Å². The van der Waals surface area contributed by atoms with Gasteiger partial charge in [-0.15, -0.1) is 0 Å². The van der Waals surface area contributed by atoms with Crippen molar-refractivity contribution in [1.29, 1.82) is 0 Å². The van der Waals surface area contributed by atoms with E-state index in [1.54, 1.807) is 11.0 Å². The quantitative estimate of drug-likeness (QED) is 0.901. The molecule has 0 radical (unpaired) electrons. The first kappa shape index (κ1) is 14.2. The second-order valence-electron chi connectivity index (χ2n) is 5.33. The van der Waals surface area contributed by atoms with E-state index in [-0.39, 0.29) is 12.5 Å². The molecule has 2 rings (SSSR count). The zero-order chi connectivity index (χ0) is 14.2. The fourth-order valence-corrected chi connectivity index (χ4v) is 2.82. The normalized spacial score (nSPS) is 18.9. The SMILES string of the molecule is CN1CCN(c2cccc(Cl)c2CO)C(C)(C)C1=O. The van der Waals surface area contributed by atoms with E-state index in [4.69, 9.17) is 11.6 Å². The number of benzene rings is 1. The van der Waals surface area contributed by atoms with E-state index < -0.39 is 5.54 Å². The number of hydrogen-bond donors (Lipinski definition) is 1. The summed E-state index contributed by atoms with van der Waals surface area (Å²) >= 11 is 6.12. The molecule has 1 aliphatic rings. The highest BCUT2D eigenvalue weighted by Gasteiger charge is 2.41. The van der Waals surface area contributed by atoms with Crippen molar-refractivity contribution in [3.8, 4) is 0 Å². The summed E-state index contributed by atoms with van der Waals surface area (Å²) in [6, 6.07) is 5.50. The Balaban J connectivity index is 2.47. The van der Waals surface area contributed by atoms with Gasteiger partial charge in [0, 0.05) is 36.4 Å². The number of aliphatic hydroxyl groups excluding tert-OH is 1. The molecular formula is C14H19ClN2O2. The number of piperazine rings is 1. The smallest absolute Gasteiger partial charge is 0.247 e. The molecule has 1 fully saturated rings. The lowest BCUT2D eigenvalue weighted by Gasteiger charge is -2.46. The minimum absolute atomic E-state index is 0.0719. The zero-order valence-electron chi connectivity index (χ0n) is 11.5. The van der Waals surface area contributed by atoms with E-state index in [0.29, 0.717) is 17.1 Å². The van der Waals surface area contributed by atoms with Crippen molar-refractivity contribution in [2.75, 3.05) is 25.0 Å². The number of carbonyl (C=O) groups excluding carboxylic acids is 1. The van der Waals surface area contributed by atoms with Gasteiger partial charge < -0.3 is 14.9 Å². The third-order valence-corrected chi connectivity index (χ3v) is 4.10. The van der Waals surface area contributed by atoms with Crippen LogP contribution < -0.4 is 4.90 Å². The average Bonchev–Trinajstić information content (AvgIpc) is 2.36. The van der Waals surface area contributed by atoms with Gasteiger partial charge in [0.05, 0.1) is 6.61 Å². The second-order valence-corrected chi connectivity index (χ2v) is 5.74. The summed E-state index contributed by atoms with van der Waals surface area (Å²) in [6.45, 7) is 5.05. The first-order valence-corrected chi connectivity index (χ1v) is 6.69. The van der Waals surface area contributed by atoms with E-state index >= 15 is 0 Å². The van der Waals surface area contributed by atoms with Crippen LogP contribution in [-0.2, 0) is 11.4 Å². The van der Waals surface area contributed by atoms with Gasteiger partial charge in [0.25, 0.3) is 0 Å². The number of rotatable bonds is 2. The average molecular weight is 283 g/mol. The molecule has 0 spiro atoms. The molecule has 0 aromatic heterocycles. The molecule has 5 heteroatoms. The van der Waals surface area contributed by atoms with Crippen LogP contribution >= 0.6 is 11.6 Å². The number of aliphatic hydroxyl groups is 1. The first-order valence-electron chi connectivity index (χ1n) is 6.31. The summed E-state index contributed by atoms with van der Waals surface area (Å²) in [5.74, 6) is 0.0719. The van der Waals surface area contributed by atoms with Crippen molar-refractivity contribution >= 4 is 23.2 Å². The van der Waals surface area contributed by atoms with Gasteiger partial charge in [-0.2, -0.15) is 0 Å². The third kappa shape index (κ3) is 2.30. The summed E-state index contributed by atoms with van der Waals surface area (Å²) < 4.78 is 0. The Morgan fingerprint density at radius 3 is 2.68 bits per heavy atom. The number of hydrogen-bond acceptors (Lipinski definition) is 3. The maximum Gasteiger partial charge on any atom is 0.247 e. The number of carbonyl (C=O) groups is 1. The number of nitrogens with zero attached hydrogens (tertiary/aromatic N) is 2. The number of amides is 1. The van der Waals surface area contributed by atoms with Gasteiger partial charge in [0.15, 0.2) is 0 Å². The maximum absolute atomic E-state index is 12.3. The van der Waals surface area contributed by atoms with Crippen LogP contribution in [0.1, 0.15) is 19.4 Å². The van der Waals surface area contributed by atoms with Gasteiger partial charge in [-0.1, -0.05) is 17.7 Å². The molecule has 4 nitrogen and oxygen atoms in total. The summed E-state index contributed by atoms with van der Waals surface area (Å²) in [4.78, 5) is 16.1. The van der Waals surface area contributed by atoms with Gasteiger partial charge in [-0.05, 0) is 26.0 Å². The first-order chi connectivity index (χ1) is 8.89. The van der Waals surface area contributed by atoms with E-state index in [1.165, 1.54) is 0 Å². The molecule has 1 N–H and O–H groups in total. The predicted octanol–water partition coefficient (Wildman–Crippen LogP) is 1.89. The molecule has 1 aromatic carbocycles. The minimum atomic E-state index is -0.637. The van der Waals surface area contributed by atoms with Crippen molar-refractivity contribution in [2.24, 2.45) is 0 Å². The molecule has 1 heterocycles. The van der Waals surface area contributed by atoms with Crippen LogP contribution in [0.3, 0.4) is 0 Å². The van der Waals surface area contributed by atoms with Crippen molar-refractivity contribution in [1.82, 2.24) is 4.90 Å². The summed E-state index contributed by atoms with van der Waals surface area (Å²) in [5, 5.41) is 10.0. The van der Waals surface area contributed by atoms with Gasteiger partial charge in [0.1, 0.15) is 5.54 Å².